The van der Waals surface area contributed by atoms with Crippen molar-refractivity contribution in [3.8, 4) is 11.1 Å². The topological polar surface area (TPSA) is 79.0 Å². The summed E-state index contributed by atoms with van der Waals surface area (Å²) in [6, 6.07) is 12.2. The van der Waals surface area contributed by atoms with Crippen LogP contribution in [0.5, 0.6) is 0 Å². The van der Waals surface area contributed by atoms with Crippen LogP contribution in [0.2, 0.25) is 0 Å². The lowest BCUT2D eigenvalue weighted by molar-refractivity contribution is 0.122. The van der Waals surface area contributed by atoms with Gasteiger partial charge in [0.2, 0.25) is 0 Å². The zero-order chi connectivity index (χ0) is 21.9. The smallest absolute Gasteiger partial charge is 0.318 e. The number of hydrogen-bond acceptors (Lipinski definition) is 7. The molecule has 168 valence electrons. The van der Waals surface area contributed by atoms with Crippen molar-refractivity contribution < 1.29 is 14.3 Å². The second kappa shape index (κ2) is 9.32. The Balaban J connectivity index is 1.53. The van der Waals surface area contributed by atoms with Crippen molar-refractivity contribution in [1.29, 1.82) is 0 Å². The summed E-state index contributed by atoms with van der Waals surface area (Å²) >= 11 is 1.74. The minimum Gasteiger partial charge on any atom is -0.378 e. The number of fused-ring (bicyclic) bond motifs is 1. The molecule has 2 aliphatic heterocycles. The van der Waals surface area contributed by atoms with E-state index in [4.69, 9.17) is 14.5 Å². The third-order valence-corrected chi connectivity index (χ3v) is 6.86. The van der Waals surface area contributed by atoms with Crippen LogP contribution in [-0.4, -0.2) is 70.7 Å². The van der Waals surface area contributed by atoms with Gasteiger partial charge in [0.1, 0.15) is 5.52 Å². The van der Waals surface area contributed by atoms with Crippen LogP contribution in [0.1, 0.15) is 0 Å². The first-order valence-electron chi connectivity index (χ1n) is 10.9. The van der Waals surface area contributed by atoms with E-state index in [1.165, 1.54) is 4.70 Å². The molecule has 2 amide bonds. The highest BCUT2D eigenvalue weighted by molar-refractivity contribution is 7.22. The summed E-state index contributed by atoms with van der Waals surface area (Å²) in [7, 11) is 1.60. The molecular formula is C23H27N5O3S. The number of ether oxygens (including phenoxy) is 2. The van der Waals surface area contributed by atoms with Crippen molar-refractivity contribution in [2.75, 3.05) is 74.8 Å². The van der Waals surface area contributed by atoms with E-state index in [-0.39, 0.29) is 6.03 Å². The number of rotatable bonds is 4. The Morgan fingerprint density at radius 1 is 0.938 bits per heavy atom. The molecule has 0 unspecified atom stereocenters. The fourth-order valence-electron chi connectivity index (χ4n) is 4.04. The van der Waals surface area contributed by atoms with Gasteiger partial charge in [0.15, 0.2) is 5.13 Å². The first-order valence-corrected chi connectivity index (χ1v) is 11.7. The number of carbonyl (C=O) groups is 1. The minimum atomic E-state index is -0.228. The summed E-state index contributed by atoms with van der Waals surface area (Å²) in [6.45, 7) is 6.41. The molecule has 0 aliphatic carbocycles. The van der Waals surface area contributed by atoms with Crippen LogP contribution in [0.15, 0.2) is 36.4 Å². The Hall–Kier alpha value is -2.88. The fourth-order valence-corrected chi connectivity index (χ4v) is 5.12. The molecule has 0 spiro atoms. The van der Waals surface area contributed by atoms with E-state index in [2.05, 4.69) is 32.6 Å². The molecule has 0 saturated carbocycles. The van der Waals surface area contributed by atoms with E-state index in [0.717, 1.165) is 85.8 Å². The van der Waals surface area contributed by atoms with Crippen LogP contribution >= 0.6 is 11.3 Å². The molecule has 8 nitrogen and oxygen atoms in total. The molecule has 3 heterocycles. The lowest BCUT2D eigenvalue weighted by Crippen LogP contribution is -2.36. The molecule has 3 aromatic rings. The van der Waals surface area contributed by atoms with Gasteiger partial charge in [-0.2, -0.15) is 0 Å². The van der Waals surface area contributed by atoms with E-state index < -0.39 is 0 Å². The maximum atomic E-state index is 11.6. The van der Waals surface area contributed by atoms with Crippen molar-refractivity contribution in [1.82, 2.24) is 10.3 Å². The number of aromatic nitrogens is 1. The quantitative estimate of drug-likeness (QED) is 0.631. The zero-order valence-electron chi connectivity index (χ0n) is 18.1. The van der Waals surface area contributed by atoms with E-state index in [9.17, 15) is 4.79 Å². The Morgan fingerprint density at radius 3 is 2.25 bits per heavy atom. The predicted molar refractivity (Wildman–Crippen MR) is 129 cm³/mol. The Labute approximate surface area is 191 Å². The number of carbonyl (C=O) groups excluding carboxylic acids is 1. The van der Waals surface area contributed by atoms with Crippen molar-refractivity contribution >= 4 is 44.1 Å². The summed E-state index contributed by atoms with van der Waals surface area (Å²) in [5, 5.41) is 6.43. The molecule has 5 rings (SSSR count). The van der Waals surface area contributed by atoms with Gasteiger partial charge < -0.3 is 29.9 Å². The third kappa shape index (κ3) is 4.36. The van der Waals surface area contributed by atoms with E-state index >= 15 is 0 Å². The van der Waals surface area contributed by atoms with Crippen LogP contribution in [0.25, 0.3) is 21.3 Å². The van der Waals surface area contributed by atoms with Crippen LogP contribution in [0, 0.1) is 0 Å². The number of thiazole rings is 1. The summed E-state index contributed by atoms with van der Waals surface area (Å²) in [6.07, 6.45) is 0. The molecule has 0 bridgehead atoms. The monoisotopic (exact) mass is 453 g/mol. The van der Waals surface area contributed by atoms with E-state index in [1.54, 1.807) is 18.4 Å². The first kappa shape index (κ1) is 21.0. The molecule has 1 aromatic heterocycles. The van der Waals surface area contributed by atoms with Gasteiger partial charge >= 0.3 is 6.03 Å². The number of urea groups is 1. The molecule has 0 radical (unpaired) electrons. The van der Waals surface area contributed by atoms with Crippen LogP contribution in [-0.2, 0) is 9.47 Å². The number of nitrogens with zero attached hydrogens (tertiary/aromatic N) is 3. The maximum absolute atomic E-state index is 11.6. The number of anilines is 3. The standard InChI is InChI=1S/C23H27N5O3S/c1-24-22(29)25-18-4-2-16(3-5-18)17-14-19(27-6-10-30-11-7-27)21-20(15-17)32-23(26-21)28-8-12-31-13-9-28/h2-5,14-15H,6-13H2,1H3,(H2,24,25,29). The average Bonchev–Trinajstić information content (AvgIpc) is 3.29. The largest absolute Gasteiger partial charge is 0.378 e. The lowest BCUT2D eigenvalue weighted by atomic mass is 10.0. The molecule has 2 saturated heterocycles. The summed E-state index contributed by atoms with van der Waals surface area (Å²) in [5.41, 5.74) is 5.21. The highest BCUT2D eigenvalue weighted by Gasteiger charge is 2.21. The number of amides is 2. The Bertz CT molecular complexity index is 1090. The number of benzene rings is 2. The molecule has 2 aromatic carbocycles. The van der Waals surface area contributed by atoms with Gasteiger partial charge in [0, 0.05) is 38.9 Å². The SMILES string of the molecule is CNC(=O)Nc1ccc(-c2cc(N3CCOCC3)c3nc(N4CCOCC4)sc3c2)cc1. The fraction of sp³-hybridized carbons (Fsp3) is 0.391. The van der Waals surface area contributed by atoms with E-state index in [1.807, 2.05) is 24.3 Å². The second-order valence-electron chi connectivity index (χ2n) is 7.82. The zero-order valence-corrected chi connectivity index (χ0v) is 18.9. The van der Waals surface area contributed by atoms with Crippen LogP contribution in [0.4, 0.5) is 21.3 Å². The van der Waals surface area contributed by atoms with Crippen molar-refractivity contribution in [2.24, 2.45) is 0 Å². The second-order valence-corrected chi connectivity index (χ2v) is 8.83. The minimum absolute atomic E-state index is 0.228. The van der Waals surface area contributed by atoms with Gasteiger partial charge in [-0.1, -0.05) is 23.5 Å². The summed E-state index contributed by atoms with van der Waals surface area (Å²) in [4.78, 5) is 21.3. The van der Waals surface area contributed by atoms with Crippen LogP contribution < -0.4 is 20.4 Å². The van der Waals surface area contributed by atoms with Gasteiger partial charge in [-0.3, -0.25) is 0 Å². The number of morpholine rings is 2. The van der Waals surface area contributed by atoms with Crippen molar-refractivity contribution in [2.45, 2.75) is 0 Å². The molecule has 32 heavy (non-hydrogen) atoms. The third-order valence-electron chi connectivity index (χ3n) is 5.80. The molecular weight excluding hydrogens is 426 g/mol. The highest BCUT2D eigenvalue weighted by Crippen LogP contribution is 2.39. The average molecular weight is 454 g/mol. The molecule has 2 fully saturated rings. The molecule has 9 heteroatoms. The predicted octanol–water partition coefficient (Wildman–Crippen LogP) is 3.39. The van der Waals surface area contributed by atoms with Crippen molar-refractivity contribution in [3.05, 3.63) is 36.4 Å². The summed E-state index contributed by atoms with van der Waals surface area (Å²) < 4.78 is 12.3. The van der Waals surface area contributed by atoms with E-state index in [0.29, 0.717) is 0 Å². The normalized spacial score (nSPS) is 16.9. The lowest BCUT2D eigenvalue weighted by Gasteiger charge is -2.29. The first-order chi connectivity index (χ1) is 15.7. The molecule has 0 atom stereocenters. The summed E-state index contributed by atoms with van der Waals surface area (Å²) in [5.74, 6) is 0. The Morgan fingerprint density at radius 2 is 1.59 bits per heavy atom. The van der Waals surface area contributed by atoms with Crippen LogP contribution in [0.3, 0.4) is 0 Å². The van der Waals surface area contributed by atoms with Gasteiger partial charge in [0.25, 0.3) is 0 Å². The Kier molecular flexibility index (Phi) is 6.11. The molecule has 2 aliphatic rings. The van der Waals surface area contributed by atoms with Gasteiger partial charge in [-0.05, 0) is 35.4 Å². The highest BCUT2D eigenvalue weighted by atomic mass is 32.1. The van der Waals surface area contributed by atoms with Gasteiger partial charge in [-0.25, -0.2) is 9.78 Å². The van der Waals surface area contributed by atoms with Gasteiger partial charge in [-0.15, -0.1) is 0 Å². The number of nitrogens with one attached hydrogen (secondary N) is 2. The molecule has 2 N–H and O–H groups in total. The van der Waals surface area contributed by atoms with Crippen molar-refractivity contribution in [3.63, 3.8) is 0 Å². The maximum Gasteiger partial charge on any atom is 0.318 e. The number of hydrogen-bond donors (Lipinski definition) is 2. The van der Waals surface area contributed by atoms with Gasteiger partial charge in [0.05, 0.1) is 36.8 Å².